The Hall–Kier alpha value is -2.79. The third kappa shape index (κ3) is 3.94. The lowest BCUT2D eigenvalue weighted by atomic mass is 9.94. The van der Waals surface area contributed by atoms with Crippen LogP contribution in [0.15, 0.2) is 72.3 Å². The van der Waals surface area contributed by atoms with Crippen molar-refractivity contribution >= 4 is 57.9 Å². The van der Waals surface area contributed by atoms with E-state index in [1.807, 2.05) is 31.2 Å². The van der Waals surface area contributed by atoms with E-state index in [2.05, 4.69) is 0 Å². The number of rotatable bonds is 3. The van der Waals surface area contributed by atoms with Gasteiger partial charge in [0.05, 0.1) is 21.7 Å². The van der Waals surface area contributed by atoms with Crippen molar-refractivity contribution in [2.45, 2.75) is 13.0 Å². The van der Waals surface area contributed by atoms with Crippen LogP contribution in [-0.4, -0.2) is 16.8 Å². The minimum atomic E-state index is -0.840. The normalized spacial score (nSPS) is 17.9. The standard InChI is InChI=1S/C24H16Cl3NO3/c1-13-3-2-4-15(11-13)21-20(22(29)14-5-7-16(25)8-6-14)23(30)24(31)28(21)17-9-10-18(26)19(27)12-17/h2-12,21,29H,1H3/b22-20+. The molecule has 0 saturated carbocycles. The van der Waals surface area contributed by atoms with Crippen LogP contribution in [0.4, 0.5) is 5.69 Å². The summed E-state index contributed by atoms with van der Waals surface area (Å²) in [5, 5.41) is 12.1. The highest BCUT2D eigenvalue weighted by Gasteiger charge is 2.47. The molecule has 1 amide bonds. The molecular weight excluding hydrogens is 457 g/mol. The molecule has 3 aromatic carbocycles. The maximum absolute atomic E-state index is 13.1. The Morgan fingerprint density at radius 2 is 1.61 bits per heavy atom. The second-order valence-corrected chi connectivity index (χ2v) is 8.44. The van der Waals surface area contributed by atoms with Crippen molar-refractivity contribution in [3.63, 3.8) is 0 Å². The van der Waals surface area contributed by atoms with Gasteiger partial charge in [0.15, 0.2) is 0 Å². The molecule has 0 bridgehead atoms. The molecule has 4 nitrogen and oxygen atoms in total. The van der Waals surface area contributed by atoms with Crippen LogP contribution in [0.1, 0.15) is 22.7 Å². The van der Waals surface area contributed by atoms with Crippen LogP contribution in [0.3, 0.4) is 0 Å². The van der Waals surface area contributed by atoms with Crippen LogP contribution < -0.4 is 4.90 Å². The van der Waals surface area contributed by atoms with Gasteiger partial charge in [0.2, 0.25) is 0 Å². The Bertz CT molecular complexity index is 1240. The van der Waals surface area contributed by atoms with Crippen molar-refractivity contribution in [1.82, 2.24) is 0 Å². The Balaban J connectivity index is 1.96. The number of ketones is 1. The van der Waals surface area contributed by atoms with E-state index >= 15 is 0 Å². The first-order chi connectivity index (χ1) is 14.8. The van der Waals surface area contributed by atoms with Crippen molar-refractivity contribution in [3.8, 4) is 0 Å². The molecule has 1 aliphatic heterocycles. The third-order valence-electron chi connectivity index (χ3n) is 5.10. The largest absolute Gasteiger partial charge is 0.507 e. The van der Waals surface area contributed by atoms with E-state index in [0.29, 0.717) is 26.9 Å². The number of hydrogen-bond acceptors (Lipinski definition) is 3. The lowest BCUT2D eigenvalue weighted by Crippen LogP contribution is -2.29. The number of Topliss-reactive ketones (excluding diaryl/α,β-unsaturated/α-hetero) is 1. The molecule has 1 N–H and O–H groups in total. The number of aryl methyl sites for hydroxylation is 1. The van der Waals surface area contributed by atoms with Gasteiger partial charge in [-0.25, -0.2) is 0 Å². The molecule has 7 heteroatoms. The van der Waals surface area contributed by atoms with Gasteiger partial charge in [-0.2, -0.15) is 0 Å². The number of carbonyl (C=O) groups excluding carboxylic acids is 2. The van der Waals surface area contributed by atoms with Crippen LogP contribution in [0.2, 0.25) is 15.1 Å². The molecule has 1 saturated heterocycles. The van der Waals surface area contributed by atoms with Gasteiger partial charge >= 0.3 is 0 Å². The summed E-state index contributed by atoms with van der Waals surface area (Å²) in [4.78, 5) is 27.5. The van der Waals surface area contributed by atoms with E-state index in [9.17, 15) is 14.7 Å². The van der Waals surface area contributed by atoms with E-state index in [0.717, 1.165) is 5.56 Å². The zero-order valence-electron chi connectivity index (χ0n) is 16.3. The van der Waals surface area contributed by atoms with Gasteiger partial charge in [0.25, 0.3) is 11.7 Å². The van der Waals surface area contributed by atoms with E-state index in [-0.39, 0.29) is 16.4 Å². The summed E-state index contributed by atoms with van der Waals surface area (Å²) in [7, 11) is 0. The Morgan fingerprint density at radius 1 is 0.903 bits per heavy atom. The van der Waals surface area contributed by atoms with Gasteiger partial charge in [-0.15, -0.1) is 0 Å². The van der Waals surface area contributed by atoms with Crippen molar-refractivity contribution in [2.75, 3.05) is 4.90 Å². The molecule has 1 unspecified atom stereocenters. The minimum absolute atomic E-state index is 0.0102. The molecule has 1 atom stereocenters. The van der Waals surface area contributed by atoms with Gasteiger partial charge in [0.1, 0.15) is 5.76 Å². The fourth-order valence-corrected chi connectivity index (χ4v) is 4.07. The predicted octanol–water partition coefficient (Wildman–Crippen LogP) is 6.58. The molecule has 31 heavy (non-hydrogen) atoms. The molecule has 156 valence electrons. The summed E-state index contributed by atoms with van der Waals surface area (Å²) in [6.07, 6.45) is 0. The first-order valence-electron chi connectivity index (χ1n) is 9.36. The maximum atomic E-state index is 13.1. The van der Waals surface area contributed by atoms with Crippen LogP contribution >= 0.6 is 34.8 Å². The van der Waals surface area contributed by atoms with Gasteiger partial charge in [-0.05, 0) is 55.0 Å². The molecule has 0 aliphatic carbocycles. The molecule has 0 radical (unpaired) electrons. The number of halogens is 3. The zero-order chi connectivity index (χ0) is 22.3. The van der Waals surface area contributed by atoms with E-state index in [4.69, 9.17) is 34.8 Å². The number of benzene rings is 3. The monoisotopic (exact) mass is 471 g/mol. The summed E-state index contributed by atoms with van der Waals surface area (Å²) in [5.41, 5.74) is 2.40. The first-order valence-corrected chi connectivity index (χ1v) is 10.5. The Morgan fingerprint density at radius 3 is 2.26 bits per heavy atom. The topological polar surface area (TPSA) is 57.6 Å². The average molecular weight is 473 g/mol. The second kappa shape index (κ2) is 8.39. The van der Waals surface area contributed by atoms with E-state index in [1.165, 1.54) is 11.0 Å². The van der Waals surface area contributed by atoms with Gasteiger partial charge in [-0.3, -0.25) is 14.5 Å². The molecule has 4 rings (SSSR count). The van der Waals surface area contributed by atoms with E-state index in [1.54, 1.807) is 36.4 Å². The zero-order valence-corrected chi connectivity index (χ0v) is 18.5. The molecule has 3 aromatic rings. The van der Waals surface area contributed by atoms with Crippen molar-refractivity contribution in [1.29, 1.82) is 0 Å². The van der Waals surface area contributed by atoms with Crippen LogP contribution in [-0.2, 0) is 9.59 Å². The number of aliphatic hydroxyl groups excluding tert-OH is 1. The fraction of sp³-hybridized carbons (Fsp3) is 0.0833. The number of nitrogens with zero attached hydrogens (tertiary/aromatic N) is 1. The highest BCUT2D eigenvalue weighted by molar-refractivity contribution is 6.52. The highest BCUT2D eigenvalue weighted by Crippen LogP contribution is 2.43. The summed E-state index contributed by atoms with van der Waals surface area (Å²) >= 11 is 18.2. The highest BCUT2D eigenvalue weighted by atomic mass is 35.5. The predicted molar refractivity (Wildman–Crippen MR) is 124 cm³/mol. The van der Waals surface area contributed by atoms with Crippen LogP contribution in [0.25, 0.3) is 5.76 Å². The average Bonchev–Trinajstić information content (AvgIpc) is 3.01. The number of hydrogen-bond donors (Lipinski definition) is 1. The smallest absolute Gasteiger partial charge is 0.300 e. The van der Waals surface area contributed by atoms with Crippen molar-refractivity contribution < 1.29 is 14.7 Å². The summed E-state index contributed by atoms with van der Waals surface area (Å²) in [5.74, 6) is -1.82. The van der Waals surface area contributed by atoms with Crippen LogP contribution in [0, 0.1) is 6.92 Å². The Labute approximate surface area is 194 Å². The van der Waals surface area contributed by atoms with Gasteiger partial charge in [0, 0.05) is 16.3 Å². The molecule has 1 aliphatic rings. The van der Waals surface area contributed by atoms with Crippen molar-refractivity contribution in [3.05, 3.63) is 104 Å². The molecule has 1 heterocycles. The lowest BCUT2D eigenvalue weighted by Gasteiger charge is -2.26. The lowest BCUT2D eigenvalue weighted by molar-refractivity contribution is -0.132. The van der Waals surface area contributed by atoms with Gasteiger partial charge in [-0.1, -0.05) is 64.6 Å². The molecule has 0 spiro atoms. The maximum Gasteiger partial charge on any atom is 0.300 e. The Kier molecular flexibility index (Phi) is 5.80. The van der Waals surface area contributed by atoms with Crippen LogP contribution in [0.5, 0.6) is 0 Å². The third-order valence-corrected chi connectivity index (χ3v) is 6.09. The summed E-state index contributed by atoms with van der Waals surface area (Å²) < 4.78 is 0. The molecule has 0 aromatic heterocycles. The number of aliphatic hydroxyl groups is 1. The molecular formula is C24H16Cl3NO3. The first kappa shape index (κ1) is 21.4. The SMILES string of the molecule is Cc1cccc(C2/C(=C(\O)c3ccc(Cl)cc3)C(=O)C(=O)N2c2ccc(Cl)c(Cl)c2)c1. The number of anilines is 1. The minimum Gasteiger partial charge on any atom is -0.507 e. The quantitative estimate of drug-likeness (QED) is 0.266. The van der Waals surface area contributed by atoms with E-state index < -0.39 is 17.7 Å². The fourth-order valence-electron chi connectivity index (χ4n) is 3.65. The number of amides is 1. The van der Waals surface area contributed by atoms with Gasteiger partial charge < -0.3 is 5.11 Å². The number of carbonyl (C=O) groups is 2. The summed E-state index contributed by atoms with van der Waals surface area (Å²) in [6.45, 7) is 1.91. The summed E-state index contributed by atoms with van der Waals surface area (Å²) in [6, 6.07) is 17.7. The molecule has 1 fully saturated rings. The van der Waals surface area contributed by atoms with Crippen molar-refractivity contribution in [2.24, 2.45) is 0 Å². The second-order valence-electron chi connectivity index (χ2n) is 7.19.